The Kier molecular flexibility index (Phi) is 10.7. The fourth-order valence-electron chi connectivity index (χ4n) is 3.51. The molecule has 0 fully saturated rings. The number of nitrogens with zero attached hydrogens (tertiary/aromatic N) is 2. The van der Waals surface area contributed by atoms with E-state index in [2.05, 4.69) is 26.5 Å². The second-order valence-electron chi connectivity index (χ2n) is 8.87. The molecule has 0 radical (unpaired) electrons. The van der Waals surface area contributed by atoms with Crippen molar-refractivity contribution in [2.45, 2.75) is 26.4 Å². The topological polar surface area (TPSA) is 97.3 Å². The molecule has 0 aromatic heterocycles. The molecule has 0 aliphatic carbocycles. The summed E-state index contributed by atoms with van der Waals surface area (Å²) < 4.78 is 37.7. The van der Waals surface area contributed by atoms with Crippen LogP contribution < -0.4 is 19.2 Å². The highest BCUT2D eigenvalue weighted by Crippen LogP contribution is 2.37. The molecule has 0 aliphatic heterocycles. The largest absolute Gasteiger partial charge is 0.493 e. The van der Waals surface area contributed by atoms with Crippen LogP contribution in [0.5, 0.6) is 11.5 Å². The van der Waals surface area contributed by atoms with E-state index in [1.807, 2.05) is 26.0 Å². The summed E-state index contributed by atoms with van der Waals surface area (Å²) in [5.41, 5.74) is 5.18. The lowest BCUT2D eigenvalue weighted by Crippen LogP contribution is -2.39. The van der Waals surface area contributed by atoms with Gasteiger partial charge in [0.15, 0.2) is 11.5 Å². The van der Waals surface area contributed by atoms with Crippen LogP contribution in [0.4, 0.5) is 5.69 Å². The van der Waals surface area contributed by atoms with Gasteiger partial charge in [0.2, 0.25) is 10.0 Å². The normalized spacial score (nSPS) is 11.6. The molecule has 0 bridgehead atoms. The standard InChI is InChI=1S/C27H28BrCl2N3O5S/c1-17(2)19-6-9-22(10-7-19)33(39(4,35)36)15-26(34)32-31-14-18-11-23(28)27(25(12-18)37-3)38-16-20-5-8-21(29)13-24(20)30/h5-14,17H,15-16H2,1-4H3,(H,32,34)/b31-14-. The Morgan fingerprint density at radius 3 is 2.41 bits per heavy atom. The lowest BCUT2D eigenvalue weighted by molar-refractivity contribution is -0.119. The van der Waals surface area contributed by atoms with Crippen LogP contribution in [0.3, 0.4) is 0 Å². The monoisotopic (exact) mass is 655 g/mol. The number of halogens is 3. The van der Waals surface area contributed by atoms with Crippen LogP contribution in [0.2, 0.25) is 10.0 Å². The predicted molar refractivity (Wildman–Crippen MR) is 160 cm³/mol. The number of sulfonamides is 1. The minimum atomic E-state index is -3.70. The summed E-state index contributed by atoms with van der Waals surface area (Å²) in [6.07, 6.45) is 2.46. The zero-order valence-electron chi connectivity index (χ0n) is 21.7. The Bertz CT molecular complexity index is 1460. The van der Waals surface area contributed by atoms with Crippen molar-refractivity contribution >= 4 is 67.0 Å². The number of carbonyl (C=O) groups is 1. The lowest BCUT2D eigenvalue weighted by Gasteiger charge is -2.21. The first-order chi connectivity index (χ1) is 18.4. The molecular weight excluding hydrogens is 629 g/mol. The predicted octanol–water partition coefficient (Wildman–Crippen LogP) is 6.38. The van der Waals surface area contributed by atoms with Crippen molar-refractivity contribution in [3.8, 4) is 11.5 Å². The molecule has 1 amide bonds. The van der Waals surface area contributed by atoms with E-state index in [0.29, 0.717) is 43.2 Å². The Hall–Kier alpha value is -2.79. The highest BCUT2D eigenvalue weighted by atomic mass is 79.9. The van der Waals surface area contributed by atoms with Gasteiger partial charge in [-0.15, -0.1) is 0 Å². The molecule has 0 saturated carbocycles. The fraction of sp³-hybridized carbons (Fsp3) is 0.259. The van der Waals surface area contributed by atoms with Crippen LogP contribution in [-0.2, 0) is 21.4 Å². The van der Waals surface area contributed by atoms with Crippen LogP contribution in [0.1, 0.15) is 36.5 Å². The quantitative estimate of drug-likeness (QED) is 0.191. The molecule has 3 aromatic rings. The minimum Gasteiger partial charge on any atom is -0.493 e. The van der Waals surface area contributed by atoms with Crippen LogP contribution in [-0.4, -0.2) is 40.4 Å². The van der Waals surface area contributed by atoms with Crippen molar-refractivity contribution in [3.63, 3.8) is 0 Å². The molecule has 0 atom stereocenters. The van der Waals surface area contributed by atoms with Gasteiger partial charge in [-0.2, -0.15) is 5.10 Å². The van der Waals surface area contributed by atoms with Gasteiger partial charge in [-0.25, -0.2) is 13.8 Å². The Balaban J connectivity index is 1.68. The van der Waals surface area contributed by atoms with Gasteiger partial charge in [-0.05, 0) is 69.4 Å². The van der Waals surface area contributed by atoms with Crippen LogP contribution in [0.25, 0.3) is 0 Å². The third kappa shape index (κ3) is 8.60. The van der Waals surface area contributed by atoms with Gasteiger partial charge >= 0.3 is 0 Å². The van der Waals surface area contributed by atoms with E-state index in [0.717, 1.165) is 21.7 Å². The van der Waals surface area contributed by atoms with Gasteiger partial charge < -0.3 is 9.47 Å². The number of amides is 1. The summed E-state index contributed by atoms with van der Waals surface area (Å²) in [6.45, 7) is 3.84. The lowest BCUT2D eigenvalue weighted by atomic mass is 10.0. The number of hydrogen-bond acceptors (Lipinski definition) is 6. The van der Waals surface area contributed by atoms with Gasteiger partial charge in [0.25, 0.3) is 5.91 Å². The van der Waals surface area contributed by atoms with E-state index >= 15 is 0 Å². The highest BCUT2D eigenvalue weighted by molar-refractivity contribution is 9.10. The van der Waals surface area contributed by atoms with Crippen molar-refractivity contribution in [1.29, 1.82) is 0 Å². The number of rotatable bonds is 11. The molecule has 8 nitrogen and oxygen atoms in total. The van der Waals surface area contributed by atoms with Crippen LogP contribution in [0.15, 0.2) is 64.2 Å². The molecule has 0 saturated heterocycles. The van der Waals surface area contributed by atoms with E-state index in [1.54, 1.807) is 42.5 Å². The maximum atomic E-state index is 12.5. The minimum absolute atomic E-state index is 0.186. The smallest absolute Gasteiger partial charge is 0.260 e. The van der Waals surface area contributed by atoms with Crippen LogP contribution in [0, 0.1) is 0 Å². The second kappa shape index (κ2) is 13.5. The summed E-state index contributed by atoms with van der Waals surface area (Å²) >= 11 is 15.7. The van der Waals surface area contributed by atoms with E-state index in [-0.39, 0.29) is 6.61 Å². The van der Waals surface area contributed by atoms with Crippen molar-refractivity contribution < 1.29 is 22.7 Å². The first kappa shape index (κ1) is 30.7. The van der Waals surface area contributed by atoms with Gasteiger partial charge in [0.05, 0.1) is 29.7 Å². The first-order valence-corrected chi connectivity index (χ1v) is 15.1. The van der Waals surface area contributed by atoms with Crippen molar-refractivity contribution in [3.05, 3.63) is 85.8 Å². The Morgan fingerprint density at radius 1 is 1.13 bits per heavy atom. The third-order valence-corrected chi connectivity index (χ3v) is 7.89. The number of hydrazone groups is 1. The Morgan fingerprint density at radius 2 is 1.82 bits per heavy atom. The van der Waals surface area contributed by atoms with Gasteiger partial charge in [-0.1, -0.05) is 55.2 Å². The molecule has 0 heterocycles. The summed E-state index contributed by atoms with van der Waals surface area (Å²) in [5.74, 6) is 0.576. The van der Waals surface area contributed by atoms with E-state index < -0.39 is 22.5 Å². The zero-order chi connectivity index (χ0) is 28.7. The molecule has 3 rings (SSSR count). The molecule has 1 N–H and O–H groups in total. The molecule has 208 valence electrons. The van der Waals surface area contributed by atoms with Gasteiger partial charge in [0, 0.05) is 15.6 Å². The van der Waals surface area contributed by atoms with Crippen molar-refractivity contribution in [1.82, 2.24) is 5.43 Å². The number of benzene rings is 3. The summed E-state index contributed by atoms with van der Waals surface area (Å²) in [4.78, 5) is 12.5. The fourth-order valence-corrected chi connectivity index (χ4v) is 5.41. The third-order valence-electron chi connectivity index (χ3n) is 5.58. The average Bonchev–Trinajstić information content (AvgIpc) is 2.86. The van der Waals surface area contributed by atoms with E-state index in [4.69, 9.17) is 32.7 Å². The number of carbonyl (C=O) groups excluding carboxylic acids is 1. The molecule has 39 heavy (non-hydrogen) atoms. The van der Waals surface area contributed by atoms with E-state index in [1.165, 1.54) is 13.3 Å². The summed E-state index contributed by atoms with van der Waals surface area (Å²) in [5, 5.41) is 4.99. The Labute approximate surface area is 247 Å². The first-order valence-electron chi connectivity index (χ1n) is 11.7. The molecule has 3 aromatic carbocycles. The highest BCUT2D eigenvalue weighted by Gasteiger charge is 2.21. The van der Waals surface area contributed by atoms with Crippen molar-refractivity contribution in [2.24, 2.45) is 5.10 Å². The van der Waals surface area contributed by atoms with Gasteiger partial charge in [-0.3, -0.25) is 9.10 Å². The second-order valence-corrected chi connectivity index (χ2v) is 12.5. The number of anilines is 1. The number of nitrogens with one attached hydrogen (secondary N) is 1. The molecule has 0 spiro atoms. The summed E-state index contributed by atoms with van der Waals surface area (Å²) in [7, 11) is -2.20. The van der Waals surface area contributed by atoms with Crippen LogP contribution >= 0.6 is 39.1 Å². The van der Waals surface area contributed by atoms with E-state index in [9.17, 15) is 13.2 Å². The molecule has 0 unspecified atom stereocenters. The SMILES string of the molecule is COc1cc(/C=N\NC(=O)CN(c2ccc(C(C)C)cc2)S(C)(=O)=O)cc(Br)c1OCc1ccc(Cl)cc1Cl. The summed E-state index contributed by atoms with van der Waals surface area (Å²) in [6, 6.07) is 15.6. The zero-order valence-corrected chi connectivity index (χ0v) is 25.7. The maximum Gasteiger partial charge on any atom is 0.260 e. The van der Waals surface area contributed by atoms with Crippen molar-refractivity contribution in [2.75, 3.05) is 24.2 Å². The number of hydrogen-bond donors (Lipinski definition) is 1. The number of methoxy groups -OCH3 is 1. The number of ether oxygens (including phenoxy) is 2. The molecule has 0 aliphatic rings. The molecule has 12 heteroatoms. The molecular formula is C27H28BrCl2N3O5S. The maximum absolute atomic E-state index is 12.5. The average molecular weight is 657 g/mol. The van der Waals surface area contributed by atoms with Gasteiger partial charge in [0.1, 0.15) is 13.2 Å².